The summed E-state index contributed by atoms with van der Waals surface area (Å²) in [6, 6.07) is 2.15. The average Bonchev–Trinajstić information content (AvgIpc) is 2.76. The van der Waals surface area contributed by atoms with Crippen molar-refractivity contribution >= 4 is 39.7 Å². The minimum atomic E-state index is 0.632. The lowest BCUT2D eigenvalue weighted by Crippen LogP contribution is -1.92. The summed E-state index contributed by atoms with van der Waals surface area (Å²) in [6.07, 6.45) is 2.06. The van der Waals surface area contributed by atoms with Crippen LogP contribution in [0.1, 0.15) is 18.9 Å². The normalized spacial score (nSPS) is 10.8. The standard InChI is InChI=1S/C10H12IN3S/c1-2-3-7-9(13-14-10(7)12)6-4-8(11)15-5-6/h4-5H,2-3H2,1H3,(H3,12,13,14). The van der Waals surface area contributed by atoms with Crippen LogP contribution in [-0.4, -0.2) is 10.2 Å². The molecule has 0 unspecified atom stereocenters. The van der Waals surface area contributed by atoms with Crippen LogP contribution in [0.2, 0.25) is 0 Å². The number of nitrogens with one attached hydrogen (secondary N) is 1. The molecule has 3 N–H and O–H groups in total. The van der Waals surface area contributed by atoms with Crippen LogP contribution in [0.25, 0.3) is 11.3 Å². The first kappa shape index (κ1) is 10.9. The van der Waals surface area contributed by atoms with Gasteiger partial charge in [-0.1, -0.05) is 13.3 Å². The summed E-state index contributed by atoms with van der Waals surface area (Å²) in [4.78, 5) is 0. The molecule has 2 heterocycles. The number of H-pyrrole nitrogens is 1. The van der Waals surface area contributed by atoms with Crippen LogP contribution in [0, 0.1) is 2.88 Å². The number of hydrogen-bond acceptors (Lipinski definition) is 3. The van der Waals surface area contributed by atoms with E-state index in [0.29, 0.717) is 5.82 Å². The molecule has 0 aliphatic heterocycles. The molecule has 0 radical (unpaired) electrons. The Morgan fingerprint density at radius 2 is 2.40 bits per heavy atom. The molecule has 0 amide bonds. The molecule has 0 spiro atoms. The largest absolute Gasteiger partial charge is 0.382 e. The van der Waals surface area contributed by atoms with Crippen molar-refractivity contribution in [3.05, 3.63) is 19.9 Å². The SMILES string of the molecule is CCCc1c(N)n[nH]c1-c1csc(I)c1. The molecule has 2 rings (SSSR count). The Labute approximate surface area is 106 Å². The smallest absolute Gasteiger partial charge is 0.149 e. The van der Waals surface area contributed by atoms with Gasteiger partial charge in [-0.05, 0) is 35.1 Å². The third-order valence-electron chi connectivity index (χ3n) is 2.26. The van der Waals surface area contributed by atoms with Gasteiger partial charge in [0, 0.05) is 16.5 Å². The Balaban J connectivity index is 2.43. The molecule has 0 atom stereocenters. The van der Waals surface area contributed by atoms with Crippen molar-refractivity contribution in [2.24, 2.45) is 0 Å². The maximum atomic E-state index is 5.83. The molecule has 0 fully saturated rings. The third-order valence-corrected chi connectivity index (χ3v) is 4.04. The number of nitrogen functional groups attached to an aromatic ring is 1. The molecule has 3 nitrogen and oxygen atoms in total. The zero-order valence-electron chi connectivity index (χ0n) is 8.38. The number of rotatable bonds is 3. The number of aromatic nitrogens is 2. The number of thiophene rings is 1. The highest BCUT2D eigenvalue weighted by Gasteiger charge is 2.12. The summed E-state index contributed by atoms with van der Waals surface area (Å²) in [5.41, 5.74) is 9.24. The van der Waals surface area contributed by atoms with E-state index >= 15 is 0 Å². The van der Waals surface area contributed by atoms with E-state index in [1.54, 1.807) is 11.3 Å². The van der Waals surface area contributed by atoms with Crippen molar-refractivity contribution in [1.82, 2.24) is 10.2 Å². The van der Waals surface area contributed by atoms with Gasteiger partial charge in [0.25, 0.3) is 0 Å². The minimum absolute atomic E-state index is 0.632. The predicted octanol–water partition coefficient (Wildman–Crippen LogP) is 3.28. The van der Waals surface area contributed by atoms with Gasteiger partial charge >= 0.3 is 0 Å². The molecular formula is C10H12IN3S. The van der Waals surface area contributed by atoms with Crippen LogP contribution in [-0.2, 0) is 6.42 Å². The van der Waals surface area contributed by atoms with E-state index in [4.69, 9.17) is 5.73 Å². The maximum Gasteiger partial charge on any atom is 0.149 e. The highest BCUT2D eigenvalue weighted by atomic mass is 127. The molecule has 0 aliphatic rings. The molecule has 5 heteroatoms. The van der Waals surface area contributed by atoms with Gasteiger partial charge in [0.2, 0.25) is 0 Å². The molecule has 2 aromatic rings. The first-order valence-electron chi connectivity index (χ1n) is 4.79. The fourth-order valence-electron chi connectivity index (χ4n) is 1.56. The van der Waals surface area contributed by atoms with Gasteiger partial charge in [-0.2, -0.15) is 5.10 Å². The Kier molecular flexibility index (Phi) is 3.30. The molecule has 0 saturated carbocycles. The van der Waals surface area contributed by atoms with E-state index in [-0.39, 0.29) is 0 Å². The molecular weight excluding hydrogens is 321 g/mol. The van der Waals surface area contributed by atoms with E-state index < -0.39 is 0 Å². The number of nitrogens with two attached hydrogens (primary N) is 1. The lowest BCUT2D eigenvalue weighted by molar-refractivity contribution is 0.927. The van der Waals surface area contributed by atoms with Crippen LogP contribution >= 0.6 is 33.9 Å². The number of hydrogen-bond donors (Lipinski definition) is 2. The minimum Gasteiger partial charge on any atom is -0.382 e. The quantitative estimate of drug-likeness (QED) is 0.847. The second-order valence-corrected chi connectivity index (χ2v) is 6.16. The van der Waals surface area contributed by atoms with Crippen LogP contribution in [0.3, 0.4) is 0 Å². The van der Waals surface area contributed by atoms with E-state index in [9.17, 15) is 0 Å². The fraction of sp³-hybridized carbons (Fsp3) is 0.300. The molecule has 80 valence electrons. The van der Waals surface area contributed by atoms with Gasteiger partial charge in [-0.25, -0.2) is 0 Å². The molecule has 2 aromatic heterocycles. The highest BCUT2D eigenvalue weighted by molar-refractivity contribution is 14.1. The molecule has 0 aromatic carbocycles. The van der Waals surface area contributed by atoms with E-state index in [2.05, 4.69) is 51.2 Å². The van der Waals surface area contributed by atoms with E-state index in [0.717, 1.165) is 24.1 Å². The Bertz CT molecular complexity index is 461. The van der Waals surface area contributed by atoms with Gasteiger partial charge in [-0.15, -0.1) is 11.3 Å². The number of nitrogens with zero attached hydrogens (tertiary/aromatic N) is 1. The van der Waals surface area contributed by atoms with Crippen molar-refractivity contribution in [2.75, 3.05) is 5.73 Å². The van der Waals surface area contributed by atoms with Crippen LogP contribution in [0.15, 0.2) is 11.4 Å². The van der Waals surface area contributed by atoms with Crippen molar-refractivity contribution in [3.8, 4) is 11.3 Å². The Hall–Kier alpha value is -0.560. The highest BCUT2D eigenvalue weighted by Crippen LogP contribution is 2.30. The zero-order chi connectivity index (χ0) is 10.8. The summed E-state index contributed by atoms with van der Waals surface area (Å²) in [6.45, 7) is 2.15. The first-order valence-corrected chi connectivity index (χ1v) is 6.75. The van der Waals surface area contributed by atoms with Gasteiger partial charge in [0.15, 0.2) is 0 Å². The average molecular weight is 333 g/mol. The molecule has 0 saturated heterocycles. The summed E-state index contributed by atoms with van der Waals surface area (Å²) in [5.74, 6) is 0.632. The topological polar surface area (TPSA) is 54.7 Å². The lowest BCUT2D eigenvalue weighted by atomic mass is 10.1. The van der Waals surface area contributed by atoms with Crippen LogP contribution in [0.5, 0.6) is 0 Å². The monoisotopic (exact) mass is 333 g/mol. The van der Waals surface area contributed by atoms with Gasteiger partial charge in [0.1, 0.15) is 5.82 Å². The van der Waals surface area contributed by atoms with Gasteiger partial charge in [-0.3, -0.25) is 5.10 Å². The van der Waals surface area contributed by atoms with Gasteiger partial charge < -0.3 is 5.73 Å². The predicted molar refractivity (Wildman–Crippen MR) is 73.0 cm³/mol. The number of halogens is 1. The van der Waals surface area contributed by atoms with Crippen molar-refractivity contribution in [1.29, 1.82) is 0 Å². The van der Waals surface area contributed by atoms with Crippen LogP contribution < -0.4 is 5.73 Å². The maximum absolute atomic E-state index is 5.83. The number of anilines is 1. The summed E-state index contributed by atoms with van der Waals surface area (Å²) >= 11 is 4.05. The van der Waals surface area contributed by atoms with Crippen molar-refractivity contribution in [2.45, 2.75) is 19.8 Å². The third kappa shape index (κ3) is 2.17. The second kappa shape index (κ2) is 4.52. The van der Waals surface area contributed by atoms with E-state index in [1.165, 1.54) is 8.45 Å². The molecule has 15 heavy (non-hydrogen) atoms. The Morgan fingerprint density at radius 1 is 1.60 bits per heavy atom. The summed E-state index contributed by atoms with van der Waals surface area (Å²) in [7, 11) is 0. The summed E-state index contributed by atoms with van der Waals surface area (Å²) in [5, 5.41) is 9.23. The summed E-state index contributed by atoms with van der Waals surface area (Å²) < 4.78 is 1.28. The van der Waals surface area contributed by atoms with Gasteiger partial charge in [0.05, 0.1) is 8.58 Å². The van der Waals surface area contributed by atoms with E-state index in [1.807, 2.05) is 0 Å². The van der Waals surface area contributed by atoms with Crippen LogP contribution in [0.4, 0.5) is 5.82 Å². The fourth-order valence-corrected chi connectivity index (χ4v) is 2.90. The lowest BCUT2D eigenvalue weighted by Gasteiger charge is -1.99. The second-order valence-electron chi connectivity index (χ2n) is 3.35. The number of aromatic amines is 1. The molecule has 0 aliphatic carbocycles. The zero-order valence-corrected chi connectivity index (χ0v) is 11.4. The van der Waals surface area contributed by atoms with Crippen molar-refractivity contribution in [3.63, 3.8) is 0 Å². The Morgan fingerprint density at radius 3 is 3.00 bits per heavy atom. The molecule has 0 bridgehead atoms. The first-order chi connectivity index (χ1) is 7.22. The van der Waals surface area contributed by atoms with Crippen molar-refractivity contribution < 1.29 is 0 Å².